The van der Waals surface area contributed by atoms with Gasteiger partial charge in [-0.1, -0.05) is 48.5 Å². The average Bonchev–Trinajstić information content (AvgIpc) is 2.42. The Morgan fingerprint density at radius 1 is 1.16 bits per heavy atom. The summed E-state index contributed by atoms with van der Waals surface area (Å²) in [5.74, 6) is 0.598. The minimum atomic E-state index is -0.249. The van der Waals surface area contributed by atoms with Gasteiger partial charge in [-0.25, -0.2) is 4.79 Å². The van der Waals surface area contributed by atoms with E-state index in [2.05, 4.69) is 10.6 Å². The molecule has 0 aliphatic heterocycles. The molecule has 0 aromatic heterocycles. The predicted octanol–water partition coefficient (Wildman–Crippen LogP) is 4.70. The van der Waals surface area contributed by atoms with Gasteiger partial charge in [0.15, 0.2) is 0 Å². The Labute approximate surface area is 123 Å². The van der Waals surface area contributed by atoms with Crippen LogP contribution in [0.3, 0.4) is 0 Å². The molecule has 0 unspecified atom stereocenters. The molecule has 0 atom stereocenters. The number of para-hydroxylation sites is 1. The van der Waals surface area contributed by atoms with E-state index in [-0.39, 0.29) is 6.03 Å². The first kappa shape index (κ1) is 14.5. The molecule has 1 aliphatic rings. The summed E-state index contributed by atoms with van der Waals surface area (Å²) >= 11 is 12.0. The zero-order valence-electron chi connectivity index (χ0n) is 10.7. The molecule has 3 nitrogen and oxygen atoms in total. The lowest BCUT2D eigenvalue weighted by Crippen LogP contribution is -2.33. The van der Waals surface area contributed by atoms with Crippen molar-refractivity contribution in [2.45, 2.75) is 32.1 Å². The van der Waals surface area contributed by atoms with Crippen LogP contribution < -0.4 is 10.6 Å². The molecular weight excluding hydrogens is 283 g/mol. The third-order valence-electron chi connectivity index (χ3n) is 3.48. The summed E-state index contributed by atoms with van der Waals surface area (Å²) in [5, 5.41) is 6.48. The summed E-state index contributed by atoms with van der Waals surface area (Å²) in [5.41, 5.74) is 0.465. The molecule has 1 aromatic rings. The second-order valence-electron chi connectivity index (χ2n) is 4.94. The maximum absolute atomic E-state index is 11.8. The Morgan fingerprint density at radius 3 is 2.42 bits per heavy atom. The van der Waals surface area contributed by atoms with Gasteiger partial charge in [-0.3, -0.25) is 0 Å². The SMILES string of the molecule is O=C(NCC1CCCCC1)Nc1c(Cl)cccc1Cl. The van der Waals surface area contributed by atoms with E-state index < -0.39 is 0 Å². The summed E-state index contributed by atoms with van der Waals surface area (Å²) < 4.78 is 0. The summed E-state index contributed by atoms with van der Waals surface area (Å²) in [6, 6.07) is 4.89. The van der Waals surface area contributed by atoms with Gasteiger partial charge in [0.05, 0.1) is 15.7 Å². The molecule has 0 saturated heterocycles. The van der Waals surface area contributed by atoms with E-state index in [1.54, 1.807) is 18.2 Å². The van der Waals surface area contributed by atoms with Gasteiger partial charge >= 0.3 is 6.03 Å². The number of urea groups is 1. The Bertz CT molecular complexity index is 425. The van der Waals surface area contributed by atoms with Gasteiger partial charge in [-0.05, 0) is 30.9 Å². The standard InChI is InChI=1S/C14H18Cl2N2O/c15-11-7-4-8-12(16)13(11)18-14(19)17-9-10-5-2-1-3-6-10/h4,7-8,10H,1-3,5-6,9H2,(H2,17,18,19). The van der Waals surface area contributed by atoms with Crippen molar-refractivity contribution in [2.75, 3.05) is 11.9 Å². The molecular formula is C14H18Cl2N2O. The van der Waals surface area contributed by atoms with Gasteiger partial charge in [-0.15, -0.1) is 0 Å². The number of rotatable bonds is 3. The highest BCUT2D eigenvalue weighted by Crippen LogP contribution is 2.29. The second-order valence-corrected chi connectivity index (χ2v) is 5.75. The van der Waals surface area contributed by atoms with Gasteiger partial charge in [0.25, 0.3) is 0 Å². The van der Waals surface area contributed by atoms with Crippen molar-refractivity contribution in [1.82, 2.24) is 5.32 Å². The summed E-state index contributed by atoms with van der Waals surface area (Å²) in [7, 11) is 0. The Morgan fingerprint density at radius 2 is 1.79 bits per heavy atom. The third-order valence-corrected chi connectivity index (χ3v) is 4.11. The van der Waals surface area contributed by atoms with Crippen molar-refractivity contribution >= 4 is 34.9 Å². The number of nitrogens with one attached hydrogen (secondary N) is 2. The molecule has 1 aliphatic carbocycles. The highest BCUT2D eigenvalue weighted by Gasteiger charge is 2.15. The first-order valence-corrected chi connectivity index (χ1v) is 7.41. The Balaban J connectivity index is 1.83. The first-order valence-electron chi connectivity index (χ1n) is 6.65. The lowest BCUT2D eigenvalue weighted by Gasteiger charge is -2.21. The van der Waals surface area contributed by atoms with E-state index in [0.29, 0.717) is 28.2 Å². The molecule has 1 aromatic carbocycles. The smallest absolute Gasteiger partial charge is 0.319 e. The van der Waals surface area contributed by atoms with Gasteiger partial charge < -0.3 is 10.6 Å². The van der Waals surface area contributed by atoms with E-state index in [1.807, 2.05) is 0 Å². The van der Waals surface area contributed by atoms with E-state index >= 15 is 0 Å². The second kappa shape index (κ2) is 7.01. The molecule has 0 radical (unpaired) electrons. The molecule has 2 amide bonds. The predicted molar refractivity (Wildman–Crippen MR) is 80.1 cm³/mol. The molecule has 1 fully saturated rings. The van der Waals surface area contributed by atoms with Crippen molar-refractivity contribution < 1.29 is 4.79 Å². The topological polar surface area (TPSA) is 41.1 Å². The fourth-order valence-corrected chi connectivity index (χ4v) is 2.90. The maximum Gasteiger partial charge on any atom is 0.319 e. The summed E-state index contributed by atoms with van der Waals surface area (Å²) in [4.78, 5) is 11.8. The molecule has 1 saturated carbocycles. The Hall–Kier alpha value is -0.930. The number of anilines is 1. The lowest BCUT2D eigenvalue weighted by atomic mass is 9.89. The third kappa shape index (κ3) is 4.29. The summed E-state index contributed by atoms with van der Waals surface area (Å²) in [6.07, 6.45) is 6.26. The van der Waals surface area contributed by atoms with Crippen molar-refractivity contribution in [1.29, 1.82) is 0 Å². The number of carbonyl (C=O) groups excluding carboxylic acids is 1. The summed E-state index contributed by atoms with van der Waals surface area (Å²) in [6.45, 7) is 0.716. The van der Waals surface area contributed by atoms with Gasteiger partial charge in [0.1, 0.15) is 0 Å². The highest BCUT2D eigenvalue weighted by atomic mass is 35.5. The van der Waals surface area contributed by atoms with E-state index in [4.69, 9.17) is 23.2 Å². The van der Waals surface area contributed by atoms with Crippen LogP contribution in [0.1, 0.15) is 32.1 Å². The number of halogens is 2. The number of hydrogen-bond donors (Lipinski definition) is 2. The van der Waals surface area contributed by atoms with Crippen LogP contribution in [-0.2, 0) is 0 Å². The van der Waals surface area contributed by atoms with Crippen LogP contribution in [0.5, 0.6) is 0 Å². The molecule has 5 heteroatoms. The monoisotopic (exact) mass is 300 g/mol. The normalized spacial score (nSPS) is 16.1. The van der Waals surface area contributed by atoms with Gasteiger partial charge in [0.2, 0.25) is 0 Å². The molecule has 0 spiro atoms. The van der Waals surface area contributed by atoms with Crippen LogP contribution in [0.15, 0.2) is 18.2 Å². The maximum atomic E-state index is 11.8. The quantitative estimate of drug-likeness (QED) is 0.835. The average molecular weight is 301 g/mol. The number of carbonyl (C=O) groups is 1. The van der Waals surface area contributed by atoms with Crippen LogP contribution in [-0.4, -0.2) is 12.6 Å². The number of amides is 2. The fourth-order valence-electron chi connectivity index (χ4n) is 2.40. The van der Waals surface area contributed by atoms with Crippen LogP contribution in [0.25, 0.3) is 0 Å². The first-order chi connectivity index (χ1) is 9.16. The van der Waals surface area contributed by atoms with Gasteiger partial charge in [0, 0.05) is 6.54 Å². The number of hydrogen-bond acceptors (Lipinski definition) is 1. The molecule has 2 N–H and O–H groups in total. The fraction of sp³-hybridized carbons (Fsp3) is 0.500. The van der Waals surface area contributed by atoms with Crippen molar-refractivity contribution in [3.63, 3.8) is 0 Å². The van der Waals surface area contributed by atoms with Crippen LogP contribution in [0.4, 0.5) is 10.5 Å². The van der Waals surface area contributed by atoms with Crippen molar-refractivity contribution in [3.8, 4) is 0 Å². The highest BCUT2D eigenvalue weighted by molar-refractivity contribution is 6.39. The van der Waals surface area contributed by atoms with Crippen LogP contribution >= 0.6 is 23.2 Å². The van der Waals surface area contributed by atoms with Crippen LogP contribution in [0.2, 0.25) is 10.0 Å². The zero-order chi connectivity index (χ0) is 13.7. The van der Waals surface area contributed by atoms with Gasteiger partial charge in [-0.2, -0.15) is 0 Å². The molecule has 104 valence electrons. The largest absolute Gasteiger partial charge is 0.338 e. The van der Waals surface area contributed by atoms with E-state index in [0.717, 1.165) is 0 Å². The van der Waals surface area contributed by atoms with Crippen molar-refractivity contribution in [2.24, 2.45) is 5.92 Å². The molecule has 19 heavy (non-hydrogen) atoms. The van der Waals surface area contributed by atoms with Crippen molar-refractivity contribution in [3.05, 3.63) is 28.2 Å². The van der Waals surface area contributed by atoms with E-state index in [1.165, 1.54) is 32.1 Å². The number of benzene rings is 1. The zero-order valence-corrected chi connectivity index (χ0v) is 12.2. The minimum absolute atomic E-state index is 0.249. The van der Waals surface area contributed by atoms with E-state index in [9.17, 15) is 4.79 Å². The minimum Gasteiger partial charge on any atom is -0.338 e. The molecule has 0 bridgehead atoms. The van der Waals surface area contributed by atoms with Crippen LogP contribution in [0, 0.1) is 5.92 Å². The molecule has 2 rings (SSSR count). The lowest BCUT2D eigenvalue weighted by molar-refractivity contribution is 0.247. The Kier molecular flexibility index (Phi) is 5.34. The molecule has 0 heterocycles.